The molecule has 26 heavy (non-hydrogen) atoms. The van der Waals surface area contributed by atoms with Crippen molar-refractivity contribution in [2.45, 2.75) is 18.9 Å². The summed E-state index contributed by atoms with van der Waals surface area (Å²) in [7, 11) is 3.70. The van der Waals surface area contributed by atoms with Crippen LogP contribution in [0.4, 0.5) is 5.13 Å². The van der Waals surface area contributed by atoms with E-state index in [9.17, 15) is 4.79 Å². The summed E-state index contributed by atoms with van der Waals surface area (Å²) in [4.78, 5) is 21.5. The summed E-state index contributed by atoms with van der Waals surface area (Å²) in [5.74, 6) is 0.0309. The van der Waals surface area contributed by atoms with Gasteiger partial charge in [0, 0.05) is 39.4 Å². The van der Waals surface area contributed by atoms with Crippen LogP contribution in [0, 0.1) is 0 Å². The fourth-order valence-electron chi connectivity index (χ4n) is 3.38. The van der Waals surface area contributed by atoms with Crippen LogP contribution in [0.1, 0.15) is 23.2 Å². The second-order valence-electron chi connectivity index (χ2n) is 6.62. The van der Waals surface area contributed by atoms with Crippen LogP contribution in [0.3, 0.4) is 0 Å². The van der Waals surface area contributed by atoms with E-state index in [4.69, 9.17) is 16.6 Å². The monoisotopic (exact) mass is 389 g/mol. The number of para-hydroxylation sites is 1. The molecule has 4 rings (SSSR count). The van der Waals surface area contributed by atoms with Crippen molar-refractivity contribution in [3.63, 3.8) is 0 Å². The van der Waals surface area contributed by atoms with Gasteiger partial charge in [0.2, 0.25) is 0 Å². The zero-order valence-corrected chi connectivity index (χ0v) is 16.3. The molecule has 3 aromatic rings. The molecule has 0 unspecified atom stereocenters. The van der Waals surface area contributed by atoms with Gasteiger partial charge < -0.3 is 9.80 Å². The number of carbonyl (C=O) groups excluding carboxylic acids is 1. The molecule has 0 aliphatic carbocycles. The van der Waals surface area contributed by atoms with E-state index < -0.39 is 0 Å². The zero-order chi connectivity index (χ0) is 18.3. The first kappa shape index (κ1) is 17.3. The van der Waals surface area contributed by atoms with Crippen LogP contribution < -0.4 is 4.90 Å². The van der Waals surface area contributed by atoms with E-state index in [0.29, 0.717) is 10.6 Å². The predicted molar refractivity (Wildman–Crippen MR) is 105 cm³/mol. The average Bonchev–Trinajstić information content (AvgIpc) is 3.28. The van der Waals surface area contributed by atoms with Crippen LogP contribution in [-0.2, 0) is 7.05 Å². The largest absolute Gasteiger partial charge is 0.348 e. The highest BCUT2D eigenvalue weighted by Crippen LogP contribution is 2.34. The maximum atomic E-state index is 12.6. The molecule has 1 aromatic carbocycles. The first-order valence-electron chi connectivity index (χ1n) is 8.59. The number of thiazole rings is 1. The molecule has 2 aromatic heterocycles. The Morgan fingerprint density at radius 3 is 2.77 bits per heavy atom. The van der Waals surface area contributed by atoms with Gasteiger partial charge in [-0.05, 0) is 25.0 Å². The Morgan fingerprint density at radius 2 is 2.12 bits per heavy atom. The molecule has 1 fully saturated rings. The first-order chi connectivity index (χ1) is 12.5. The van der Waals surface area contributed by atoms with E-state index in [1.54, 1.807) is 28.4 Å². The summed E-state index contributed by atoms with van der Waals surface area (Å²) in [6, 6.07) is 6.11. The summed E-state index contributed by atoms with van der Waals surface area (Å²) in [6.07, 6.45) is 5.23. The average molecular weight is 390 g/mol. The van der Waals surface area contributed by atoms with Crippen LogP contribution in [0.15, 0.2) is 30.6 Å². The summed E-state index contributed by atoms with van der Waals surface area (Å²) in [5.41, 5.74) is 1.51. The van der Waals surface area contributed by atoms with Crippen molar-refractivity contribution in [1.29, 1.82) is 0 Å². The van der Waals surface area contributed by atoms with Gasteiger partial charge in [-0.15, -0.1) is 0 Å². The number of benzene rings is 1. The molecule has 8 heteroatoms. The fraction of sp³-hybridized carbons (Fsp3) is 0.389. The van der Waals surface area contributed by atoms with Crippen molar-refractivity contribution in [1.82, 2.24) is 19.7 Å². The third-order valence-electron chi connectivity index (χ3n) is 4.91. The van der Waals surface area contributed by atoms with E-state index in [-0.39, 0.29) is 11.9 Å². The molecule has 3 heterocycles. The maximum absolute atomic E-state index is 12.6. The summed E-state index contributed by atoms with van der Waals surface area (Å²) in [5, 5.41) is 5.79. The lowest BCUT2D eigenvalue weighted by Crippen LogP contribution is -2.45. The molecule has 0 bridgehead atoms. The minimum Gasteiger partial charge on any atom is -0.348 e. The number of aryl methyl sites for hydroxylation is 1. The molecule has 1 saturated heterocycles. The number of amides is 1. The van der Waals surface area contributed by atoms with E-state index in [2.05, 4.69) is 16.1 Å². The lowest BCUT2D eigenvalue weighted by molar-refractivity contribution is 0.0709. The molecule has 0 atom stereocenters. The Bertz CT molecular complexity index is 944. The Balaban J connectivity index is 1.43. The van der Waals surface area contributed by atoms with Crippen LogP contribution in [0.2, 0.25) is 5.02 Å². The van der Waals surface area contributed by atoms with Gasteiger partial charge in [-0.1, -0.05) is 29.0 Å². The van der Waals surface area contributed by atoms with E-state index in [1.165, 1.54) is 0 Å². The van der Waals surface area contributed by atoms with E-state index >= 15 is 0 Å². The van der Waals surface area contributed by atoms with Gasteiger partial charge in [0.25, 0.3) is 5.91 Å². The number of carbonyl (C=O) groups is 1. The van der Waals surface area contributed by atoms with Crippen LogP contribution in [-0.4, -0.2) is 51.8 Å². The highest BCUT2D eigenvalue weighted by Gasteiger charge is 2.27. The van der Waals surface area contributed by atoms with Gasteiger partial charge in [0.1, 0.15) is 5.52 Å². The summed E-state index contributed by atoms with van der Waals surface area (Å²) < 4.78 is 2.76. The SMILES string of the molecule is CN(C(=O)c1cnn(C)c1)C1CCN(c2nc3c(Cl)cccc3s2)CC1. The highest BCUT2D eigenvalue weighted by molar-refractivity contribution is 7.22. The second-order valence-corrected chi connectivity index (χ2v) is 8.04. The highest BCUT2D eigenvalue weighted by atomic mass is 35.5. The Hall–Kier alpha value is -2.12. The van der Waals surface area contributed by atoms with Gasteiger partial charge in [0.05, 0.1) is 21.5 Å². The molecule has 1 aliphatic rings. The Morgan fingerprint density at radius 1 is 1.35 bits per heavy atom. The third-order valence-corrected chi connectivity index (χ3v) is 6.30. The van der Waals surface area contributed by atoms with Gasteiger partial charge in [-0.2, -0.15) is 5.10 Å². The molecule has 0 radical (unpaired) electrons. The molecule has 0 spiro atoms. The first-order valence-corrected chi connectivity index (χ1v) is 9.78. The van der Waals surface area contributed by atoms with Crippen molar-refractivity contribution in [2.24, 2.45) is 7.05 Å². The molecule has 0 N–H and O–H groups in total. The Kier molecular flexibility index (Phi) is 4.58. The lowest BCUT2D eigenvalue weighted by Gasteiger charge is -2.36. The standard InChI is InChI=1S/C18H20ClN5OS/c1-22-11-12(10-20-22)17(25)23(2)13-6-8-24(9-7-13)18-21-16-14(19)4-3-5-15(16)26-18/h3-5,10-11,13H,6-9H2,1-2H3. The molecule has 6 nitrogen and oxygen atoms in total. The second kappa shape index (κ2) is 6.89. The summed E-state index contributed by atoms with van der Waals surface area (Å²) in [6.45, 7) is 1.76. The normalized spacial score (nSPS) is 15.6. The quantitative estimate of drug-likeness (QED) is 0.688. The number of hydrogen-bond acceptors (Lipinski definition) is 5. The van der Waals surface area contributed by atoms with E-state index in [1.807, 2.05) is 31.1 Å². The number of rotatable bonds is 3. The molecule has 0 saturated carbocycles. The smallest absolute Gasteiger partial charge is 0.257 e. The van der Waals surface area contributed by atoms with Crippen molar-refractivity contribution >= 4 is 44.2 Å². The molecule has 1 amide bonds. The molecule has 1 aliphatic heterocycles. The number of halogens is 1. The fourth-order valence-corrected chi connectivity index (χ4v) is 4.70. The van der Waals surface area contributed by atoms with Crippen molar-refractivity contribution < 1.29 is 4.79 Å². The van der Waals surface area contributed by atoms with Gasteiger partial charge in [-0.25, -0.2) is 4.98 Å². The van der Waals surface area contributed by atoms with Crippen LogP contribution in [0.25, 0.3) is 10.2 Å². The number of aromatic nitrogens is 3. The van der Waals surface area contributed by atoms with Gasteiger partial charge in [0.15, 0.2) is 5.13 Å². The van der Waals surface area contributed by atoms with Gasteiger partial charge >= 0.3 is 0 Å². The third kappa shape index (κ3) is 3.17. The Labute approximate surface area is 161 Å². The summed E-state index contributed by atoms with van der Waals surface area (Å²) >= 11 is 7.92. The molecular weight excluding hydrogens is 370 g/mol. The minimum atomic E-state index is 0.0309. The number of hydrogen-bond donors (Lipinski definition) is 0. The van der Waals surface area contributed by atoms with Crippen molar-refractivity contribution in [3.8, 4) is 0 Å². The zero-order valence-electron chi connectivity index (χ0n) is 14.7. The van der Waals surface area contributed by atoms with Crippen molar-refractivity contribution in [2.75, 3.05) is 25.0 Å². The number of anilines is 1. The minimum absolute atomic E-state index is 0.0309. The molecule has 136 valence electrons. The number of piperidine rings is 1. The number of nitrogens with zero attached hydrogens (tertiary/aromatic N) is 5. The topological polar surface area (TPSA) is 54.3 Å². The maximum Gasteiger partial charge on any atom is 0.257 e. The van der Waals surface area contributed by atoms with Crippen LogP contribution in [0.5, 0.6) is 0 Å². The van der Waals surface area contributed by atoms with Gasteiger partial charge in [-0.3, -0.25) is 9.48 Å². The predicted octanol–water partition coefficient (Wildman–Crippen LogP) is 3.42. The van der Waals surface area contributed by atoms with Crippen LogP contribution >= 0.6 is 22.9 Å². The molecular formula is C18H20ClN5OS. The van der Waals surface area contributed by atoms with E-state index in [0.717, 1.165) is 41.3 Å². The number of fused-ring (bicyclic) bond motifs is 1. The van der Waals surface area contributed by atoms with Crippen molar-refractivity contribution in [3.05, 3.63) is 41.2 Å². The lowest BCUT2D eigenvalue weighted by atomic mass is 10.0.